The van der Waals surface area contributed by atoms with Gasteiger partial charge in [0.25, 0.3) is 0 Å². The number of ether oxygens (including phenoxy) is 1. The van der Waals surface area contributed by atoms with Gasteiger partial charge >= 0.3 is 0 Å². The van der Waals surface area contributed by atoms with E-state index >= 15 is 0 Å². The van der Waals surface area contributed by atoms with Crippen LogP contribution in [-0.2, 0) is 4.74 Å². The normalized spacial score (nSPS) is 37.1. The van der Waals surface area contributed by atoms with Gasteiger partial charge in [0.15, 0.2) is 0 Å². The fraction of sp³-hybridized carbons (Fsp3) is 0.474. The van der Waals surface area contributed by atoms with Crippen LogP contribution in [0.3, 0.4) is 0 Å². The van der Waals surface area contributed by atoms with E-state index in [1.165, 1.54) is 0 Å². The number of hydrogen-bond donors (Lipinski definition) is 0. The fourth-order valence-electron chi connectivity index (χ4n) is 3.94. The Hall–Kier alpha value is -1.38. The lowest BCUT2D eigenvalue weighted by Crippen LogP contribution is -2.54. The predicted molar refractivity (Wildman–Crippen MR) is 87.8 cm³/mol. The minimum absolute atomic E-state index is 0.125. The molecule has 0 aromatic rings. The monoisotopic (exact) mass is 283 g/mol. The van der Waals surface area contributed by atoms with Crippen LogP contribution in [0.4, 0.5) is 0 Å². The van der Waals surface area contributed by atoms with Crippen molar-refractivity contribution in [3.8, 4) is 0 Å². The van der Waals surface area contributed by atoms with Crippen LogP contribution in [0.15, 0.2) is 61.8 Å². The molecule has 0 radical (unpaired) electrons. The molecular formula is C19H25NO. The lowest BCUT2D eigenvalue weighted by atomic mass is 9.70. The summed E-state index contributed by atoms with van der Waals surface area (Å²) in [5, 5.41) is 0. The largest absolute Gasteiger partial charge is 0.359 e. The van der Waals surface area contributed by atoms with Gasteiger partial charge in [-0.2, -0.15) is 0 Å². The Labute approximate surface area is 128 Å². The highest BCUT2D eigenvalue weighted by molar-refractivity contribution is 5.20. The molecule has 0 bridgehead atoms. The number of rotatable bonds is 5. The van der Waals surface area contributed by atoms with Gasteiger partial charge in [-0.25, -0.2) is 0 Å². The molecule has 0 saturated carbocycles. The maximum Gasteiger partial charge on any atom is 0.118 e. The van der Waals surface area contributed by atoms with Crippen molar-refractivity contribution in [3.05, 3.63) is 61.8 Å². The van der Waals surface area contributed by atoms with Gasteiger partial charge < -0.3 is 4.74 Å². The molecule has 3 aliphatic rings. The SMILES string of the molecule is C=CCN(CC=C)C1OC2CC=CCC2C2C=CC=CC21. The van der Waals surface area contributed by atoms with E-state index in [1.807, 2.05) is 12.2 Å². The van der Waals surface area contributed by atoms with Gasteiger partial charge in [0.2, 0.25) is 0 Å². The smallest absolute Gasteiger partial charge is 0.118 e. The van der Waals surface area contributed by atoms with Gasteiger partial charge in [-0.05, 0) is 24.7 Å². The Morgan fingerprint density at radius 1 is 1.00 bits per heavy atom. The summed E-state index contributed by atoms with van der Waals surface area (Å²) in [5.74, 6) is 1.63. The van der Waals surface area contributed by atoms with Crippen molar-refractivity contribution >= 4 is 0 Å². The second kappa shape index (κ2) is 6.59. The fourth-order valence-corrected chi connectivity index (χ4v) is 3.94. The summed E-state index contributed by atoms with van der Waals surface area (Å²) in [7, 11) is 0. The molecule has 2 nitrogen and oxygen atoms in total. The third-order valence-electron chi connectivity index (χ3n) is 4.87. The molecular weight excluding hydrogens is 258 g/mol. The Bertz CT molecular complexity index is 466. The quantitative estimate of drug-likeness (QED) is 0.713. The molecule has 0 aromatic heterocycles. The van der Waals surface area contributed by atoms with Crippen molar-refractivity contribution in [2.45, 2.75) is 25.2 Å². The molecule has 0 spiro atoms. The predicted octanol–water partition coefficient (Wildman–Crippen LogP) is 3.71. The van der Waals surface area contributed by atoms with Crippen molar-refractivity contribution in [3.63, 3.8) is 0 Å². The lowest BCUT2D eigenvalue weighted by molar-refractivity contribution is -0.181. The first-order valence-corrected chi connectivity index (χ1v) is 7.96. The van der Waals surface area contributed by atoms with Crippen molar-refractivity contribution in [1.29, 1.82) is 0 Å². The molecule has 1 fully saturated rings. The Morgan fingerprint density at radius 3 is 2.38 bits per heavy atom. The third-order valence-corrected chi connectivity index (χ3v) is 4.87. The van der Waals surface area contributed by atoms with Gasteiger partial charge in [0.1, 0.15) is 6.23 Å². The van der Waals surface area contributed by atoms with E-state index in [1.54, 1.807) is 0 Å². The third kappa shape index (κ3) is 2.83. The zero-order valence-corrected chi connectivity index (χ0v) is 12.6. The topological polar surface area (TPSA) is 12.5 Å². The molecule has 1 aliphatic heterocycles. The van der Waals surface area contributed by atoms with E-state index in [4.69, 9.17) is 4.74 Å². The number of hydrogen-bond acceptors (Lipinski definition) is 2. The first-order valence-electron chi connectivity index (χ1n) is 7.96. The number of allylic oxidation sites excluding steroid dienone is 4. The van der Waals surface area contributed by atoms with Crippen LogP contribution in [0.25, 0.3) is 0 Å². The van der Waals surface area contributed by atoms with Crippen molar-refractivity contribution in [1.82, 2.24) is 4.90 Å². The average molecular weight is 283 g/mol. The first kappa shape index (κ1) is 14.6. The molecule has 0 aromatic carbocycles. The summed E-state index contributed by atoms with van der Waals surface area (Å²) in [6.07, 6.45) is 20.2. The highest BCUT2D eigenvalue weighted by Gasteiger charge is 2.45. The summed E-state index contributed by atoms with van der Waals surface area (Å²) < 4.78 is 6.52. The standard InChI is InChI=1S/C19H25NO/c1-3-13-20(14-4-2)19-17-11-6-5-9-15(17)16-10-7-8-12-18(16)21-19/h3-9,11,15-19H,1-2,10,12-14H2. The lowest BCUT2D eigenvalue weighted by Gasteiger charge is -2.50. The van der Waals surface area contributed by atoms with Gasteiger partial charge in [0.05, 0.1) is 6.10 Å². The molecule has 1 heterocycles. The van der Waals surface area contributed by atoms with E-state index in [2.05, 4.69) is 54.5 Å². The summed E-state index contributed by atoms with van der Waals surface area (Å²) in [5.41, 5.74) is 0. The van der Waals surface area contributed by atoms with Crippen LogP contribution in [-0.4, -0.2) is 30.3 Å². The van der Waals surface area contributed by atoms with Gasteiger partial charge in [-0.1, -0.05) is 48.6 Å². The average Bonchev–Trinajstić information content (AvgIpc) is 2.54. The molecule has 21 heavy (non-hydrogen) atoms. The van der Waals surface area contributed by atoms with E-state index in [-0.39, 0.29) is 6.23 Å². The van der Waals surface area contributed by atoms with Gasteiger partial charge in [0, 0.05) is 19.0 Å². The molecule has 3 rings (SSSR count). The second-order valence-electron chi connectivity index (χ2n) is 6.13. The highest BCUT2D eigenvalue weighted by Crippen LogP contribution is 2.44. The molecule has 0 amide bonds. The van der Waals surface area contributed by atoms with Crippen LogP contribution in [0.2, 0.25) is 0 Å². The summed E-state index contributed by atoms with van der Waals surface area (Å²) in [6, 6.07) is 0. The van der Waals surface area contributed by atoms with Crippen LogP contribution >= 0.6 is 0 Å². The Balaban J connectivity index is 1.87. The van der Waals surface area contributed by atoms with Crippen molar-refractivity contribution in [2.75, 3.05) is 13.1 Å². The zero-order chi connectivity index (χ0) is 14.7. The van der Waals surface area contributed by atoms with E-state index in [9.17, 15) is 0 Å². The van der Waals surface area contributed by atoms with Crippen LogP contribution < -0.4 is 0 Å². The highest BCUT2D eigenvalue weighted by atomic mass is 16.5. The summed E-state index contributed by atoms with van der Waals surface area (Å²) in [6.45, 7) is 9.45. The Morgan fingerprint density at radius 2 is 1.67 bits per heavy atom. The van der Waals surface area contributed by atoms with E-state index in [0.717, 1.165) is 25.9 Å². The minimum Gasteiger partial charge on any atom is -0.359 e. The van der Waals surface area contributed by atoms with Crippen LogP contribution in [0, 0.1) is 17.8 Å². The zero-order valence-electron chi connectivity index (χ0n) is 12.6. The second-order valence-corrected chi connectivity index (χ2v) is 6.13. The molecule has 5 unspecified atom stereocenters. The molecule has 112 valence electrons. The number of fused-ring (bicyclic) bond motifs is 3. The molecule has 2 heteroatoms. The van der Waals surface area contributed by atoms with Crippen LogP contribution in [0.5, 0.6) is 0 Å². The summed E-state index contributed by atoms with van der Waals surface area (Å²) >= 11 is 0. The van der Waals surface area contributed by atoms with Crippen LogP contribution in [0.1, 0.15) is 12.8 Å². The Kier molecular flexibility index (Phi) is 4.57. The summed E-state index contributed by atoms with van der Waals surface area (Å²) in [4.78, 5) is 2.34. The molecule has 2 aliphatic carbocycles. The van der Waals surface area contributed by atoms with E-state index in [0.29, 0.717) is 23.9 Å². The van der Waals surface area contributed by atoms with Crippen molar-refractivity contribution in [2.24, 2.45) is 17.8 Å². The van der Waals surface area contributed by atoms with E-state index < -0.39 is 0 Å². The maximum atomic E-state index is 6.52. The molecule has 1 saturated heterocycles. The molecule has 5 atom stereocenters. The van der Waals surface area contributed by atoms with Gasteiger partial charge in [-0.15, -0.1) is 13.2 Å². The number of nitrogens with zero attached hydrogens (tertiary/aromatic N) is 1. The first-order chi connectivity index (χ1) is 10.3. The van der Waals surface area contributed by atoms with Gasteiger partial charge in [-0.3, -0.25) is 4.90 Å². The minimum atomic E-state index is 0.125. The van der Waals surface area contributed by atoms with Crippen molar-refractivity contribution < 1.29 is 4.74 Å². The molecule has 0 N–H and O–H groups in total. The maximum absolute atomic E-state index is 6.52.